The molecule has 3 aromatic carbocycles. The molecule has 0 aliphatic carbocycles. The second kappa shape index (κ2) is 5.57. The lowest BCUT2D eigenvalue weighted by Gasteiger charge is -2.06. The minimum Gasteiger partial charge on any atom is -0.497 e. The smallest absolute Gasteiger partial charge is 0.331 e. The number of methoxy groups -OCH3 is 1. The van der Waals surface area contributed by atoms with Gasteiger partial charge in [0.15, 0.2) is 5.70 Å². The molecule has 23 heavy (non-hydrogen) atoms. The van der Waals surface area contributed by atoms with Gasteiger partial charge in [0.1, 0.15) is 16.6 Å². The first-order valence-electron chi connectivity index (χ1n) is 7.40. The summed E-state index contributed by atoms with van der Waals surface area (Å²) < 4.78 is 5.22. The third-order valence-electron chi connectivity index (χ3n) is 3.97. The van der Waals surface area contributed by atoms with E-state index < -0.39 is 0 Å². The maximum atomic E-state index is 5.22. The molecule has 1 aliphatic heterocycles. The van der Waals surface area contributed by atoms with Crippen LogP contribution >= 0.6 is 0 Å². The molecule has 0 atom stereocenters. The average molecular weight is 301 g/mol. The quantitative estimate of drug-likeness (QED) is 0.795. The van der Waals surface area contributed by atoms with Gasteiger partial charge in [-0.2, -0.15) is 0 Å². The number of fused-ring (bicyclic) bond motifs is 1. The van der Waals surface area contributed by atoms with Gasteiger partial charge in [-0.15, -0.1) is 0 Å². The van der Waals surface area contributed by atoms with E-state index in [2.05, 4.69) is 46.1 Å². The molecule has 1 N–H and O–H groups in total. The molecule has 0 unspecified atom stereocenters. The molecule has 4 nitrogen and oxygen atoms in total. The number of nitrogens with one attached hydrogen (secondary N) is 1. The predicted octanol–water partition coefficient (Wildman–Crippen LogP) is 3.98. The number of benzene rings is 3. The summed E-state index contributed by atoms with van der Waals surface area (Å²) >= 11 is 0. The first kappa shape index (κ1) is 13.5. The van der Waals surface area contributed by atoms with Crippen molar-refractivity contribution in [2.45, 2.75) is 0 Å². The SMILES string of the molecule is COc1ccc(C2=C(c3cccc4ccccc34)N[N+]=N2)cc1. The summed E-state index contributed by atoms with van der Waals surface area (Å²) in [6.07, 6.45) is 0. The van der Waals surface area contributed by atoms with Gasteiger partial charge in [-0.3, -0.25) is 0 Å². The van der Waals surface area contributed by atoms with Gasteiger partial charge in [0.25, 0.3) is 0 Å². The Kier molecular flexibility index (Phi) is 3.27. The molecule has 0 amide bonds. The van der Waals surface area contributed by atoms with Crippen molar-refractivity contribution in [3.63, 3.8) is 0 Å². The van der Waals surface area contributed by atoms with Gasteiger partial charge in [0.2, 0.25) is 0 Å². The molecule has 0 spiro atoms. The average Bonchev–Trinajstić information content (AvgIpc) is 3.11. The first-order valence-corrected chi connectivity index (χ1v) is 7.40. The maximum absolute atomic E-state index is 5.22. The standard InChI is InChI=1S/C19H15N3O/c1-23-15-11-9-14(10-12-15)18-19(21-22-20-18)17-8-4-6-13-5-2-3-7-16(13)17/h2-12H,1H3,(H,20,21)/q+1. The topological polar surface area (TPSA) is 47.7 Å². The zero-order chi connectivity index (χ0) is 15.6. The lowest BCUT2D eigenvalue weighted by Crippen LogP contribution is -2.09. The van der Waals surface area contributed by atoms with E-state index in [1.165, 1.54) is 10.8 Å². The second-order valence-corrected chi connectivity index (χ2v) is 5.29. The van der Waals surface area contributed by atoms with E-state index in [0.29, 0.717) is 0 Å². The molecular weight excluding hydrogens is 286 g/mol. The van der Waals surface area contributed by atoms with Crippen molar-refractivity contribution >= 4 is 22.2 Å². The van der Waals surface area contributed by atoms with Gasteiger partial charge in [0.05, 0.1) is 7.11 Å². The van der Waals surface area contributed by atoms with Crippen LogP contribution < -0.4 is 15.4 Å². The highest BCUT2D eigenvalue weighted by Crippen LogP contribution is 2.32. The van der Waals surface area contributed by atoms with Gasteiger partial charge in [0, 0.05) is 11.1 Å². The van der Waals surface area contributed by atoms with Crippen LogP contribution in [0.5, 0.6) is 5.75 Å². The van der Waals surface area contributed by atoms with Gasteiger partial charge >= 0.3 is 5.22 Å². The summed E-state index contributed by atoms with van der Waals surface area (Å²) in [5.74, 6) is 0.823. The molecule has 1 radical (unpaired) electrons. The molecular formula is C19H15N3O+. The number of hydrogen-bond donors (Lipinski definition) is 1. The van der Waals surface area contributed by atoms with E-state index >= 15 is 0 Å². The Morgan fingerprint density at radius 2 is 1.70 bits per heavy atom. The van der Waals surface area contributed by atoms with Gasteiger partial charge in [-0.1, -0.05) is 47.9 Å². The Labute approximate surface area is 134 Å². The van der Waals surface area contributed by atoms with E-state index in [-0.39, 0.29) is 0 Å². The fourth-order valence-electron chi connectivity index (χ4n) is 2.81. The fraction of sp³-hybridized carbons (Fsp3) is 0.0526. The molecule has 0 aromatic heterocycles. The molecule has 0 saturated carbocycles. The number of rotatable bonds is 3. The zero-order valence-electron chi connectivity index (χ0n) is 12.7. The molecule has 1 aliphatic rings. The second-order valence-electron chi connectivity index (χ2n) is 5.29. The summed E-state index contributed by atoms with van der Waals surface area (Å²) in [6.45, 7) is 0. The van der Waals surface area contributed by atoms with Crippen LogP contribution in [-0.4, -0.2) is 7.11 Å². The maximum Gasteiger partial charge on any atom is 0.331 e. The predicted molar refractivity (Wildman–Crippen MR) is 91.5 cm³/mol. The highest BCUT2D eigenvalue weighted by Gasteiger charge is 2.25. The van der Waals surface area contributed by atoms with Crippen molar-refractivity contribution in [1.29, 1.82) is 0 Å². The minimum absolute atomic E-state index is 0.823. The molecule has 4 heteroatoms. The minimum atomic E-state index is 0.823. The highest BCUT2D eigenvalue weighted by atomic mass is 16.5. The fourth-order valence-corrected chi connectivity index (χ4v) is 2.81. The van der Waals surface area contributed by atoms with Crippen molar-refractivity contribution in [3.8, 4) is 5.75 Å². The summed E-state index contributed by atoms with van der Waals surface area (Å²) in [7, 11) is 1.66. The van der Waals surface area contributed by atoms with Crippen molar-refractivity contribution in [2.24, 2.45) is 5.11 Å². The Bertz CT molecular complexity index is 922. The molecule has 1 heterocycles. The van der Waals surface area contributed by atoms with E-state index in [1.54, 1.807) is 7.11 Å². The van der Waals surface area contributed by atoms with E-state index in [4.69, 9.17) is 4.74 Å². The lowest BCUT2D eigenvalue weighted by molar-refractivity contribution is 0.415. The largest absolute Gasteiger partial charge is 0.497 e. The van der Waals surface area contributed by atoms with E-state index in [9.17, 15) is 0 Å². The Hall–Kier alpha value is -3.14. The molecule has 0 bridgehead atoms. The van der Waals surface area contributed by atoms with Crippen molar-refractivity contribution in [2.75, 3.05) is 7.11 Å². The number of ether oxygens (including phenoxy) is 1. The zero-order valence-corrected chi connectivity index (χ0v) is 12.7. The third-order valence-corrected chi connectivity index (χ3v) is 3.97. The van der Waals surface area contributed by atoms with E-state index in [1.807, 2.05) is 36.4 Å². The molecule has 111 valence electrons. The lowest BCUT2D eigenvalue weighted by atomic mass is 9.99. The summed E-state index contributed by atoms with van der Waals surface area (Å²) in [5, 5.41) is 10.7. The van der Waals surface area contributed by atoms with Crippen molar-refractivity contribution in [3.05, 3.63) is 77.9 Å². The van der Waals surface area contributed by atoms with Crippen LogP contribution in [0.2, 0.25) is 0 Å². The van der Waals surface area contributed by atoms with Crippen LogP contribution in [0.15, 0.2) is 71.8 Å². The normalized spacial score (nSPS) is 13.4. The third kappa shape index (κ3) is 2.34. The van der Waals surface area contributed by atoms with Crippen molar-refractivity contribution in [1.82, 2.24) is 10.6 Å². The van der Waals surface area contributed by atoms with Gasteiger partial charge < -0.3 is 4.74 Å². The summed E-state index contributed by atoms with van der Waals surface area (Å²) in [4.78, 5) is 0. The van der Waals surface area contributed by atoms with Gasteiger partial charge in [-0.05, 0) is 35.0 Å². The van der Waals surface area contributed by atoms with Crippen LogP contribution in [0, 0.1) is 0 Å². The molecule has 0 fully saturated rings. The Morgan fingerprint density at radius 1 is 0.913 bits per heavy atom. The van der Waals surface area contributed by atoms with Crippen molar-refractivity contribution < 1.29 is 4.74 Å². The first-order chi connectivity index (χ1) is 11.4. The highest BCUT2D eigenvalue weighted by molar-refractivity contribution is 6.00. The summed E-state index contributed by atoms with van der Waals surface area (Å²) in [5.41, 5.74) is 6.91. The summed E-state index contributed by atoms with van der Waals surface area (Å²) in [6, 6.07) is 22.4. The number of hydrogen-bond acceptors (Lipinski definition) is 4. The van der Waals surface area contributed by atoms with E-state index in [0.717, 1.165) is 28.3 Å². The van der Waals surface area contributed by atoms with Crippen LogP contribution in [0.3, 0.4) is 0 Å². The van der Waals surface area contributed by atoms with Crippen LogP contribution in [0.25, 0.3) is 22.2 Å². The van der Waals surface area contributed by atoms with Crippen LogP contribution in [0.4, 0.5) is 0 Å². The monoisotopic (exact) mass is 301 g/mol. The Morgan fingerprint density at radius 3 is 2.52 bits per heavy atom. The molecule has 4 rings (SSSR count). The van der Waals surface area contributed by atoms with Crippen LogP contribution in [-0.2, 0) is 0 Å². The van der Waals surface area contributed by atoms with Crippen LogP contribution in [0.1, 0.15) is 11.1 Å². The molecule has 0 saturated heterocycles. The molecule has 3 aromatic rings. The Balaban J connectivity index is 1.88. The number of nitrogens with zero attached hydrogens (tertiary/aromatic N) is 2. The van der Waals surface area contributed by atoms with Gasteiger partial charge in [-0.25, -0.2) is 0 Å².